The molecule has 1 atom stereocenters. The van der Waals surface area contributed by atoms with Gasteiger partial charge in [-0.1, -0.05) is 0 Å². The van der Waals surface area contributed by atoms with Crippen LogP contribution in [0.5, 0.6) is 0 Å². The van der Waals surface area contributed by atoms with Crippen LogP contribution in [0, 0.1) is 5.92 Å². The SMILES string of the molecule is CCNC(=NCCNS(C)(=O)=O)N1CCC(COC)C1. The van der Waals surface area contributed by atoms with Gasteiger partial charge >= 0.3 is 0 Å². The van der Waals surface area contributed by atoms with E-state index < -0.39 is 10.0 Å². The molecule has 0 saturated carbocycles. The molecule has 1 saturated heterocycles. The topological polar surface area (TPSA) is 83.0 Å². The van der Waals surface area contributed by atoms with E-state index >= 15 is 0 Å². The largest absolute Gasteiger partial charge is 0.384 e. The van der Waals surface area contributed by atoms with E-state index in [-0.39, 0.29) is 0 Å². The van der Waals surface area contributed by atoms with Crippen LogP contribution in [-0.4, -0.2) is 72.0 Å². The Kier molecular flexibility index (Phi) is 7.25. The smallest absolute Gasteiger partial charge is 0.208 e. The average molecular weight is 306 g/mol. The molecule has 7 nitrogen and oxygen atoms in total. The van der Waals surface area contributed by atoms with Gasteiger partial charge in [0, 0.05) is 39.2 Å². The van der Waals surface area contributed by atoms with E-state index in [0.717, 1.165) is 44.9 Å². The first-order valence-corrected chi connectivity index (χ1v) is 8.82. The fourth-order valence-electron chi connectivity index (χ4n) is 2.22. The van der Waals surface area contributed by atoms with Crippen molar-refractivity contribution in [1.82, 2.24) is 14.9 Å². The molecule has 1 aliphatic rings. The Morgan fingerprint density at radius 2 is 2.25 bits per heavy atom. The molecule has 0 aromatic heterocycles. The van der Waals surface area contributed by atoms with E-state index in [1.807, 2.05) is 6.92 Å². The summed E-state index contributed by atoms with van der Waals surface area (Å²) in [6, 6.07) is 0. The van der Waals surface area contributed by atoms with Gasteiger partial charge in [0.05, 0.1) is 19.4 Å². The van der Waals surface area contributed by atoms with Crippen LogP contribution >= 0.6 is 0 Å². The molecule has 20 heavy (non-hydrogen) atoms. The normalized spacial score (nSPS) is 20.4. The van der Waals surface area contributed by atoms with Crippen LogP contribution in [0.1, 0.15) is 13.3 Å². The third kappa shape index (κ3) is 6.53. The Bertz CT molecular complexity index is 411. The first-order chi connectivity index (χ1) is 9.46. The number of hydrogen-bond acceptors (Lipinski definition) is 4. The highest BCUT2D eigenvalue weighted by molar-refractivity contribution is 7.88. The van der Waals surface area contributed by atoms with E-state index in [4.69, 9.17) is 4.74 Å². The summed E-state index contributed by atoms with van der Waals surface area (Å²) < 4.78 is 29.6. The van der Waals surface area contributed by atoms with Gasteiger partial charge in [-0.2, -0.15) is 0 Å². The summed E-state index contributed by atoms with van der Waals surface area (Å²) in [6.45, 7) is 6.23. The third-order valence-corrected chi connectivity index (χ3v) is 3.79. The zero-order valence-electron chi connectivity index (χ0n) is 12.6. The number of nitrogens with one attached hydrogen (secondary N) is 2. The van der Waals surface area contributed by atoms with Gasteiger partial charge in [0.2, 0.25) is 10.0 Å². The number of nitrogens with zero attached hydrogens (tertiary/aromatic N) is 2. The maximum atomic E-state index is 11.0. The molecule has 0 aliphatic carbocycles. The number of methoxy groups -OCH3 is 1. The minimum Gasteiger partial charge on any atom is -0.384 e. The summed E-state index contributed by atoms with van der Waals surface area (Å²) in [7, 11) is -1.42. The highest BCUT2D eigenvalue weighted by atomic mass is 32.2. The van der Waals surface area contributed by atoms with Crippen molar-refractivity contribution in [1.29, 1.82) is 0 Å². The lowest BCUT2D eigenvalue weighted by Crippen LogP contribution is -2.40. The Morgan fingerprint density at radius 3 is 2.85 bits per heavy atom. The Labute approximate surface area is 121 Å². The van der Waals surface area contributed by atoms with Gasteiger partial charge in [-0.3, -0.25) is 4.99 Å². The van der Waals surface area contributed by atoms with Gasteiger partial charge in [0.1, 0.15) is 0 Å². The van der Waals surface area contributed by atoms with Crippen molar-refractivity contribution in [3.8, 4) is 0 Å². The van der Waals surface area contributed by atoms with Gasteiger partial charge in [-0.25, -0.2) is 13.1 Å². The lowest BCUT2D eigenvalue weighted by atomic mass is 10.1. The summed E-state index contributed by atoms with van der Waals surface area (Å²) in [5, 5.41) is 3.24. The second-order valence-corrected chi connectivity index (χ2v) is 6.79. The van der Waals surface area contributed by atoms with E-state index in [0.29, 0.717) is 19.0 Å². The van der Waals surface area contributed by atoms with Crippen LogP contribution in [0.25, 0.3) is 0 Å². The standard InChI is InChI=1S/C12H26N4O3S/c1-4-13-12(14-6-7-15-20(3,17)18)16-8-5-11(9-16)10-19-2/h11,15H,4-10H2,1-3H3,(H,13,14). The van der Waals surface area contributed by atoms with E-state index in [9.17, 15) is 8.42 Å². The second-order valence-electron chi connectivity index (χ2n) is 4.96. The zero-order chi connectivity index (χ0) is 15.0. The lowest BCUT2D eigenvalue weighted by molar-refractivity contribution is 0.157. The van der Waals surface area contributed by atoms with Crippen LogP contribution in [0.4, 0.5) is 0 Å². The maximum absolute atomic E-state index is 11.0. The van der Waals surface area contributed by atoms with E-state index in [2.05, 4.69) is 19.9 Å². The van der Waals surface area contributed by atoms with Gasteiger partial charge < -0.3 is 15.0 Å². The van der Waals surface area contributed by atoms with Crippen LogP contribution in [0.2, 0.25) is 0 Å². The molecular weight excluding hydrogens is 280 g/mol. The highest BCUT2D eigenvalue weighted by Crippen LogP contribution is 2.16. The quantitative estimate of drug-likeness (QED) is 0.375. The molecule has 1 fully saturated rings. The molecule has 0 amide bonds. The second kappa shape index (κ2) is 8.43. The summed E-state index contributed by atoms with van der Waals surface area (Å²) in [5.41, 5.74) is 0. The zero-order valence-corrected chi connectivity index (χ0v) is 13.4. The predicted molar refractivity (Wildman–Crippen MR) is 80.4 cm³/mol. The van der Waals surface area contributed by atoms with Crippen LogP contribution in [0.15, 0.2) is 4.99 Å². The first kappa shape index (κ1) is 17.2. The van der Waals surface area contributed by atoms with Crippen LogP contribution < -0.4 is 10.0 Å². The van der Waals surface area contributed by atoms with Gasteiger partial charge in [0.15, 0.2) is 5.96 Å². The number of guanidine groups is 1. The average Bonchev–Trinajstić information content (AvgIpc) is 2.81. The molecule has 1 unspecified atom stereocenters. The van der Waals surface area contributed by atoms with Crippen molar-refractivity contribution in [2.45, 2.75) is 13.3 Å². The number of likely N-dealkylation sites (tertiary alicyclic amines) is 1. The third-order valence-electron chi connectivity index (χ3n) is 3.06. The number of ether oxygens (including phenoxy) is 1. The van der Waals surface area contributed by atoms with Crippen molar-refractivity contribution in [2.75, 3.05) is 52.7 Å². The monoisotopic (exact) mass is 306 g/mol. The number of aliphatic imine (C=N–C) groups is 1. The fraction of sp³-hybridized carbons (Fsp3) is 0.917. The lowest BCUT2D eigenvalue weighted by Gasteiger charge is -2.21. The molecule has 1 heterocycles. The minimum absolute atomic E-state index is 0.322. The summed E-state index contributed by atoms with van der Waals surface area (Å²) >= 11 is 0. The van der Waals surface area contributed by atoms with Crippen LogP contribution in [0.3, 0.4) is 0 Å². The highest BCUT2D eigenvalue weighted by Gasteiger charge is 2.24. The van der Waals surface area contributed by atoms with Gasteiger partial charge in [0.25, 0.3) is 0 Å². The Hall–Kier alpha value is -0.860. The summed E-state index contributed by atoms with van der Waals surface area (Å²) in [5.74, 6) is 1.39. The minimum atomic E-state index is -3.14. The summed E-state index contributed by atoms with van der Waals surface area (Å²) in [6.07, 6.45) is 2.25. The molecule has 0 aromatic carbocycles. The summed E-state index contributed by atoms with van der Waals surface area (Å²) in [4.78, 5) is 6.66. The predicted octanol–water partition coefficient (Wildman–Crippen LogP) is -0.531. The Balaban J connectivity index is 2.47. The van der Waals surface area contributed by atoms with E-state index in [1.54, 1.807) is 7.11 Å². The van der Waals surface area contributed by atoms with Crippen molar-refractivity contribution in [3.05, 3.63) is 0 Å². The van der Waals surface area contributed by atoms with Crippen LogP contribution in [-0.2, 0) is 14.8 Å². The molecule has 1 aliphatic heterocycles. The molecule has 118 valence electrons. The maximum Gasteiger partial charge on any atom is 0.208 e. The van der Waals surface area contributed by atoms with Gasteiger partial charge in [-0.05, 0) is 13.3 Å². The number of sulfonamides is 1. The molecule has 8 heteroatoms. The van der Waals surface area contributed by atoms with Crippen molar-refractivity contribution in [2.24, 2.45) is 10.9 Å². The van der Waals surface area contributed by atoms with Crippen molar-refractivity contribution in [3.63, 3.8) is 0 Å². The Morgan fingerprint density at radius 1 is 1.50 bits per heavy atom. The van der Waals surface area contributed by atoms with Crippen molar-refractivity contribution < 1.29 is 13.2 Å². The molecule has 0 spiro atoms. The molecule has 2 N–H and O–H groups in total. The number of hydrogen-bond donors (Lipinski definition) is 2. The molecule has 0 radical (unpaired) electrons. The fourth-order valence-corrected chi connectivity index (χ4v) is 2.68. The molecule has 1 rings (SSSR count). The van der Waals surface area contributed by atoms with E-state index in [1.165, 1.54) is 0 Å². The van der Waals surface area contributed by atoms with Gasteiger partial charge in [-0.15, -0.1) is 0 Å². The number of rotatable bonds is 7. The van der Waals surface area contributed by atoms with Crippen molar-refractivity contribution >= 4 is 16.0 Å². The first-order valence-electron chi connectivity index (χ1n) is 6.93. The molecule has 0 bridgehead atoms. The molecular formula is C12H26N4O3S. The molecule has 0 aromatic rings.